The van der Waals surface area contributed by atoms with E-state index in [0.29, 0.717) is 25.9 Å². The maximum Gasteiger partial charge on any atom is 0.0949 e. The summed E-state index contributed by atoms with van der Waals surface area (Å²) in [4.78, 5) is 2.02. The topological polar surface area (TPSA) is 67.5 Å². The van der Waals surface area contributed by atoms with Gasteiger partial charge in [0, 0.05) is 13.1 Å². The van der Waals surface area contributed by atoms with E-state index < -0.39 is 5.60 Å². The molecule has 0 aromatic heterocycles. The van der Waals surface area contributed by atoms with Gasteiger partial charge in [-0.15, -0.1) is 0 Å². The van der Waals surface area contributed by atoms with Crippen LogP contribution in [0.5, 0.6) is 0 Å². The first-order valence-corrected chi connectivity index (χ1v) is 4.58. The molecule has 4 heteroatoms. The van der Waals surface area contributed by atoms with Crippen LogP contribution in [0.15, 0.2) is 0 Å². The highest BCUT2D eigenvalue weighted by Crippen LogP contribution is 2.22. The Hall–Kier alpha value is -0.630. The maximum absolute atomic E-state index is 9.69. The molecule has 4 nitrogen and oxygen atoms in total. The number of nitriles is 1. The number of aliphatic hydroxyl groups excluding tert-OH is 1. The van der Waals surface area contributed by atoms with Crippen molar-refractivity contribution in [1.82, 2.24) is 4.90 Å². The van der Waals surface area contributed by atoms with Gasteiger partial charge in [0.25, 0.3) is 0 Å². The summed E-state index contributed by atoms with van der Waals surface area (Å²) >= 11 is 0. The van der Waals surface area contributed by atoms with E-state index in [1.807, 2.05) is 11.8 Å². The molecule has 2 N–H and O–H groups in total. The Morgan fingerprint density at radius 2 is 2.08 bits per heavy atom. The highest BCUT2D eigenvalue weighted by Gasteiger charge is 2.32. The number of likely N-dealkylation sites (tertiary alicyclic amines) is 1. The molecule has 1 heterocycles. The monoisotopic (exact) mass is 184 g/mol. The summed E-state index contributed by atoms with van der Waals surface area (Å²) in [6, 6.07) is 2.07. The minimum atomic E-state index is -0.911. The van der Waals surface area contributed by atoms with Crippen LogP contribution in [0.25, 0.3) is 0 Å². The fraction of sp³-hybridized carbons (Fsp3) is 0.889. The molecular weight excluding hydrogens is 168 g/mol. The number of piperidine rings is 1. The fourth-order valence-corrected chi connectivity index (χ4v) is 1.57. The van der Waals surface area contributed by atoms with Crippen molar-refractivity contribution >= 4 is 0 Å². The van der Waals surface area contributed by atoms with Crippen molar-refractivity contribution in [3.8, 4) is 6.07 Å². The van der Waals surface area contributed by atoms with Gasteiger partial charge in [-0.25, -0.2) is 0 Å². The average Bonchev–Trinajstić information content (AvgIpc) is 2.18. The highest BCUT2D eigenvalue weighted by molar-refractivity contribution is 4.93. The van der Waals surface area contributed by atoms with Gasteiger partial charge in [-0.2, -0.15) is 5.26 Å². The van der Waals surface area contributed by atoms with Gasteiger partial charge in [0.2, 0.25) is 0 Å². The molecule has 1 aliphatic rings. The largest absolute Gasteiger partial charge is 0.393 e. The molecule has 1 atom stereocenters. The summed E-state index contributed by atoms with van der Waals surface area (Å²) in [5.41, 5.74) is -0.911. The quantitative estimate of drug-likeness (QED) is 0.619. The number of rotatable bonds is 2. The van der Waals surface area contributed by atoms with Crippen LogP contribution in [0.1, 0.15) is 19.8 Å². The van der Waals surface area contributed by atoms with Crippen molar-refractivity contribution in [1.29, 1.82) is 5.26 Å². The lowest BCUT2D eigenvalue weighted by Gasteiger charge is -2.37. The van der Waals surface area contributed by atoms with E-state index in [0.717, 1.165) is 0 Å². The van der Waals surface area contributed by atoms with Crippen molar-refractivity contribution in [3.63, 3.8) is 0 Å². The molecule has 1 fully saturated rings. The highest BCUT2D eigenvalue weighted by atomic mass is 16.3. The van der Waals surface area contributed by atoms with Gasteiger partial charge in [-0.1, -0.05) is 0 Å². The third-order valence-corrected chi connectivity index (χ3v) is 2.76. The molecule has 74 valence electrons. The van der Waals surface area contributed by atoms with Crippen molar-refractivity contribution in [3.05, 3.63) is 0 Å². The van der Waals surface area contributed by atoms with Crippen LogP contribution in [-0.4, -0.2) is 46.5 Å². The van der Waals surface area contributed by atoms with Crippen molar-refractivity contribution in [2.45, 2.75) is 31.4 Å². The van der Waals surface area contributed by atoms with Gasteiger partial charge >= 0.3 is 0 Å². The predicted molar refractivity (Wildman–Crippen MR) is 47.9 cm³/mol. The van der Waals surface area contributed by atoms with Crippen LogP contribution in [0, 0.1) is 11.3 Å². The molecular formula is C9H16N2O2. The molecule has 1 aliphatic heterocycles. The normalized spacial score (nSPS) is 25.1. The molecule has 0 radical (unpaired) electrons. The van der Waals surface area contributed by atoms with E-state index in [4.69, 9.17) is 10.4 Å². The van der Waals surface area contributed by atoms with E-state index in [-0.39, 0.29) is 12.6 Å². The molecule has 0 spiro atoms. The lowest BCUT2D eigenvalue weighted by molar-refractivity contribution is -0.0618. The average molecular weight is 184 g/mol. The van der Waals surface area contributed by atoms with Gasteiger partial charge in [-0.05, 0) is 19.8 Å². The summed E-state index contributed by atoms with van der Waals surface area (Å²) in [5, 5.41) is 27.3. The van der Waals surface area contributed by atoms with Crippen molar-refractivity contribution in [2.24, 2.45) is 0 Å². The Kier molecular flexibility index (Phi) is 3.26. The predicted octanol–water partition coefficient (Wildman–Crippen LogP) is -0.282. The Morgan fingerprint density at radius 1 is 1.54 bits per heavy atom. The number of hydrogen-bond donors (Lipinski definition) is 2. The first-order valence-electron chi connectivity index (χ1n) is 4.58. The molecule has 0 aliphatic carbocycles. The van der Waals surface area contributed by atoms with E-state index in [1.54, 1.807) is 0 Å². The van der Waals surface area contributed by atoms with E-state index in [2.05, 4.69) is 6.07 Å². The van der Waals surface area contributed by atoms with E-state index >= 15 is 0 Å². The fourth-order valence-electron chi connectivity index (χ4n) is 1.57. The zero-order valence-corrected chi connectivity index (χ0v) is 7.90. The minimum absolute atomic E-state index is 0.0942. The third-order valence-electron chi connectivity index (χ3n) is 2.76. The lowest BCUT2D eigenvalue weighted by Crippen LogP contribution is -2.48. The number of aliphatic hydroxyl groups is 2. The molecule has 1 unspecified atom stereocenters. The second kappa shape index (κ2) is 4.05. The standard InChI is InChI=1S/C9H16N2O2/c1-8(6-10)11-4-2-9(13,7-12)3-5-11/h8,12-13H,2-5,7H2,1H3. The van der Waals surface area contributed by atoms with Crippen LogP contribution >= 0.6 is 0 Å². The molecule has 1 saturated heterocycles. The van der Waals surface area contributed by atoms with E-state index in [9.17, 15) is 5.11 Å². The summed E-state index contributed by atoms with van der Waals surface area (Å²) in [7, 11) is 0. The molecule has 0 bridgehead atoms. The first kappa shape index (κ1) is 10.5. The zero-order valence-electron chi connectivity index (χ0n) is 7.90. The molecule has 0 aromatic rings. The zero-order chi connectivity index (χ0) is 9.90. The number of nitrogens with zero attached hydrogens (tertiary/aromatic N) is 2. The molecule has 13 heavy (non-hydrogen) atoms. The second-order valence-corrected chi connectivity index (χ2v) is 3.72. The van der Waals surface area contributed by atoms with Crippen LogP contribution in [0.2, 0.25) is 0 Å². The van der Waals surface area contributed by atoms with Crippen molar-refractivity contribution in [2.75, 3.05) is 19.7 Å². The molecule has 1 rings (SSSR count). The van der Waals surface area contributed by atoms with Crippen molar-refractivity contribution < 1.29 is 10.2 Å². The summed E-state index contributed by atoms with van der Waals surface area (Å²) < 4.78 is 0. The van der Waals surface area contributed by atoms with E-state index in [1.165, 1.54) is 0 Å². The Morgan fingerprint density at radius 3 is 2.46 bits per heavy atom. The van der Waals surface area contributed by atoms with Crippen LogP contribution in [-0.2, 0) is 0 Å². The first-order chi connectivity index (χ1) is 6.11. The number of hydrogen-bond acceptors (Lipinski definition) is 4. The van der Waals surface area contributed by atoms with Crippen LogP contribution in [0.4, 0.5) is 0 Å². The summed E-state index contributed by atoms with van der Waals surface area (Å²) in [5.74, 6) is 0. The maximum atomic E-state index is 9.69. The summed E-state index contributed by atoms with van der Waals surface area (Å²) in [6.07, 6.45) is 1.10. The van der Waals surface area contributed by atoms with Gasteiger partial charge in [-0.3, -0.25) is 4.90 Å². The third kappa shape index (κ3) is 2.41. The van der Waals surface area contributed by atoms with Gasteiger partial charge in [0.1, 0.15) is 0 Å². The molecule has 0 saturated carbocycles. The Bertz CT molecular complexity index is 204. The molecule has 0 amide bonds. The smallest absolute Gasteiger partial charge is 0.0949 e. The van der Waals surface area contributed by atoms with Gasteiger partial charge in [0.15, 0.2) is 0 Å². The molecule has 0 aromatic carbocycles. The minimum Gasteiger partial charge on any atom is -0.393 e. The SMILES string of the molecule is CC(C#N)N1CCC(O)(CO)CC1. The summed E-state index contributed by atoms with van der Waals surface area (Å²) in [6.45, 7) is 3.04. The Labute approximate surface area is 78.4 Å². The van der Waals surface area contributed by atoms with Crippen LogP contribution < -0.4 is 0 Å². The van der Waals surface area contributed by atoms with Gasteiger partial charge < -0.3 is 10.2 Å². The Balaban J connectivity index is 2.44. The van der Waals surface area contributed by atoms with Crippen LogP contribution in [0.3, 0.4) is 0 Å². The lowest BCUT2D eigenvalue weighted by atomic mass is 9.92. The second-order valence-electron chi connectivity index (χ2n) is 3.72. The van der Waals surface area contributed by atoms with Gasteiger partial charge in [0.05, 0.1) is 24.3 Å².